The Morgan fingerprint density at radius 1 is 1.70 bits per heavy atom. The SMILES string of the molecule is CCC(CN)C(=O)C1CC1. The monoisotopic (exact) mass is 141 g/mol. The molecule has 1 aliphatic rings. The lowest BCUT2D eigenvalue weighted by molar-refractivity contribution is -0.123. The molecular formula is C8H15NO. The summed E-state index contributed by atoms with van der Waals surface area (Å²) in [6, 6.07) is 0. The molecule has 1 saturated carbocycles. The summed E-state index contributed by atoms with van der Waals surface area (Å²) in [4.78, 5) is 11.3. The quantitative estimate of drug-likeness (QED) is 0.633. The summed E-state index contributed by atoms with van der Waals surface area (Å²) in [6.45, 7) is 2.56. The minimum Gasteiger partial charge on any atom is -0.330 e. The van der Waals surface area contributed by atoms with Gasteiger partial charge in [0, 0.05) is 18.4 Å². The normalized spacial score (nSPS) is 20.6. The lowest BCUT2D eigenvalue weighted by Gasteiger charge is -2.08. The van der Waals surface area contributed by atoms with E-state index in [1.54, 1.807) is 0 Å². The van der Waals surface area contributed by atoms with Gasteiger partial charge in [-0.15, -0.1) is 0 Å². The number of Topliss-reactive ketones (excluding diaryl/α,β-unsaturated/α-hetero) is 1. The summed E-state index contributed by atoms with van der Waals surface area (Å²) in [5.41, 5.74) is 5.43. The topological polar surface area (TPSA) is 43.1 Å². The van der Waals surface area contributed by atoms with Crippen LogP contribution in [0.4, 0.5) is 0 Å². The molecule has 1 rings (SSSR count). The number of nitrogens with two attached hydrogens (primary N) is 1. The summed E-state index contributed by atoms with van der Waals surface area (Å²) in [6.07, 6.45) is 3.12. The first kappa shape index (κ1) is 7.73. The lowest BCUT2D eigenvalue weighted by atomic mass is 9.98. The second-order valence-electron chi connectivity index (χ2n) is 3.02. The predicted octanol–water partition coefficient (Wildman–Crippen LogP) is 0.950. The molecule has 0 amide bonds. The van der Waals surface area contributed by atoms with Gasteiger partial charge in [0.05, 0.1) is 0 Å². The minimum absolute atomic E-state index is 0.146. The molecule has 2 nitrogen and oxygen atoms in total. The van der Waals surface area contributed by atoms with E-state index in [9.17, 15) is 4.79 Å². The highest BCUT2D eigenvalue weighted by molar-refractivity contribution is 5.85. The molecule has 1 fully saturated rings. The van der Waals surface area contributed by atoms with Crippen LogP contribution in [0.5, 0.6) is 0 Å². The van der Waals surface area contributed by atoms with Gasteiger partial charge in [0.15, 0.2) is 0 Å². The van der Waals surface area contributed by atoms with Gasteiger partial charge in [-0.2, -0.15) is 0 Å². The number of hydrogen-bond acceptors (Lipinski definition) is 2. The molecule has 0 spiro atoms. The molecule has 0 aromatic heterocycles. The van der Waals surface area contributed by atoms with Gasteiger partial charge in [-0.05, 0) is 19.3 Å². The fraction of sp³-hybridized carbons (Fsp3) is 0.875. The fourth-order valence-electron chi connectivity index (χ4n) is 1.19. The Kier molecular flexibility index (Phi) is 2.44. The van der Waals surface area contributed by atoms with Crippen LogP contribution < -0.4 is 5.73 Å². The van der Waals surface area contributed by atoms with E-state index in [2.05, 4.69) is 0 Å². The summed E-state index contributed by atoms with van der Waals surface area (Å²) < 4.78 is 0. The molecule has 0 saturated heterocycles. The van der Waals surface area contributed by atoms with Crippen LogP contribution >= 0.6 is 0 Å². The molecule has 0 heterocycles. The highest BCUT2D eigenvalue weighted by atomic mass is 16.1. The maximum absolute atomic E-state index is 11.3. The summed E-state index contributed by atoms with van der Waals surface area (Å²) in [5, 5.41) is 0. The Balaban J connectivity index is 2.35. The first-order valence-corrected chi connectivity index (χ1v) is 4.03. The van der Waals surface area contributed by atoms with Gasteiger partial charge < -0.3 is 5.73 Å². The number of carbonyl (C=O) groups excluding carboxylic acids is 1. The fourth-order valence-corrected chi connectivity index (χ4v) is 1.19. The second kappa shape index (κ2) is 3.15. The molecule has 0 bridgehead atoms. The first-order chi connectivity index (χ1) is 4.79. The highest BCUT2D eigenvalue weighted by Gasteiger charge is 2.32. The van der Waals surface area contributed by atoms with Gasteiger partial charge in [0.2, 0.25) is 0 Å². The van der Waals surface area contributed by atoms with Gasteiger partial charge in [-0.3, -0.25) is 4.79 Å². The van der Waals surface area contributed by atoms with Crippen molar-refractivity contribution in [3.8, 4) is 0 Å². The van der Waals surface area contributed by atoms with E-state index in [1.807, 2.05) is 6.92 Å². The van der Waals surface area contributed by atoms with Crippen molar-refractivity contribution in [2.24, 2.45) is 17.6 Å². The molecular weight excluding hydrogens is 126 g/mol. The van der Waals surface area contributed by atoms with Gasteiger partial charge in [0.25, 0.3) is 0 Å². The van der Waals surface area contributed by atoms with Gasteiger partial charge in [0.1, 0.15) is 5.78 Å². The zero-order chi connectivity index (χ0) is 7.56. The molecule has 0 aromatic rings. The van der Waals surface area contributed by atoms with Crippen molar-refractivity contribution in [1.29, 1.82) is 0 Å². The Labute approximate surface area is 61.8 Å². The third kappa shape index (κ3) is 1.57. The van der Waals surface area contributed by atoms with E-state index in [0.29, 0.717) is 18.2 Å². The third-order valence-corrected chi connectivity index (χ3v) is 2.16. The Hall–Kier alpha value is -0.370. The molecule has 2 N–H and O–H groups in total. The van der Waals surface area contributed by atoms with E-state index >= 15 is 0 Å². The zero-order valence-electron chi connectivity index (χ0n) is 6.47. The average molecular weight is 141 g/mol. The van der Waals surface area contributed by atoms with Crippen molar-refractivity contribution in [3.63, 3.8) is 0 Å². The Morgan fingerprint density at radius 3 is 2.60 bits per heavy atom. The summed E-state index contributed by atoms with van der Waals surface area (Å²) in [5.74, 6) is 0.936. The Bertz CT molecular complexity index is 125. The molecule has 1 aliphatic carbocycles. The third-order valence-electron chi connectivity index (χ3n) is 2.16. The molecule has 1 unspecified atom stereocenters. The van der Waals surface area contributed by atoms with Crippen molar-refractivity contribution < 1.29 is 4.79 Å². The smallest absolute Gasteiger partial charge is 0.140 e. The van der Waals surface area contributed by atoms with Crippen molar-refractivity contribution in [2.45, 2.75) is 26.2 Å². The molecule has 0 aliphatic heterocycles. The van der Waals surface area contributed by atoms with Crippen LogP contribution in [0.3, 0.4) is 0 Å². The molecule has 10 heavy (non-hydrogen) atoms. The number of rotatable bonds is 4. The largest absolute Gasteiger partial charge is 0.330 e. The molecule has 0 aromatic carbocycles. The van der Waals surface area contributed by atoms with Crippen LogP contribution in [0.25, 0.3) is 0 Å². The van der Waals surface area contributed by atoms with Crippen molar-refractivity contribution in [3.05, 3.63) is 0 Å². The van der Waals surface area contributed by atoms with Gasteiger partial charge in [-0.25, -0.2) is 0 Å². The molecule has 2 heteroatoms. The molecule has 1 atom stereocenters. The maximum atomic E-state index is 11.3. The number of ketones is 1. The van der Waals surface area contributed by atoms with Crippen molar-refractivity contribution >= 4 is 5.78 Å². The van der Waals surface area contributed by atoms with Crippen LogP contribution in [0.1, 0.15) is 26.2 Å². The van der Waals surface area contributed by atoms with E-state index in [0.717, 1.165) is 19.3 Å². The first-order valence-electron chi connectivity index (χ1n) is 4.03. The number of hydrogen-bond donors (Lipinski definition) is 1. The number of carbonyl (C=O) groups is 1. The van der Waals surface area contributed by atoms with E-state index < -0.39 is 0 Å². The van der Waals surface area contributed by atoms with Gasteiger partial charge in [-0.1, -0.05) is 6.92 Å². The van der Waals surface area contributed by atoms with Crippen LogP contribution in [0.15, 0.2) is 0 Å². The molecule has 58 valence electrons. The van der Waals surface area contributed by atoms with E-state index in [1.165, 1.54) is 0 Å². The standard InChI is InChI=1S/C8H15NO/c1-2-6(5-9)8(10)7-3-4-7/h6-7H,2-5,9H2,1H3. The second-order valence-corrected chi connectivity index (χ2v) is 3.02. The lowest BCUT2D eigenvalue weighted by Crippen LogP contribution is -2.24. The average Bonchev–Trinajstić information content (AvgIpc) is 2.71. The predicted molar refractivity (Wildman–Crippen MR) is 40.6 cm³/mol. The van der Waals surface area contributed by atoms with Crippen molar-refractivity contribution in [2.75, 3.05) is 6.54 Å². The van der Waals surface area contributed by atoms with Gasteiger partial charge >= 0.3 is 0 Å². The zero-order valence-corrected chi connectivity index (χ0v) is 6.47. The van der Waals surface area contributed by atoms with Crippen LogP contribution in [0, 0.1) is 11.8 Å². The van der Waals surface area contributed by atoms with E-state index in [-0.39, 0.29) is 5.92 Å². The van der Waals surface area contributed by atoms with Crippen LogP contribution in [-0.2, 0) is 4.79 Å². The summed E-state index contributed by atoms with van der Waals surface area (Å²) in [7, 11) is 0. The molecule has 0 radical (unpaired) electrons. The maximum Gasteiger partial charge on any atom is 0.140 e. The van der Waals surface area contributed by atoms with Crippen LogP contribution in [0.2, 0.25) is 0 Å². The van der Waals surface area contributed by atoms with E-state index in [4.69, 9.17) is 5.73 Å². The van der Waals surface area contributed by atoms with Crippen molar-refractivity contribution in [1.82, 2.24) is 0 Å². The van der Waals surface area contributed by atoms with Crippen LogP contribution in [-0.4, -0.2) is 12.3 Å². The Morgan fingerprint density at radius 2 is 2.30 bits per heavy atom. The minimum atomic E-state index is 0.146. The summed E-state index contributed by atoms with van der Waals surface area (Å²) >= 11 is 0. The highest BCUT2D eigenvalue weighted by Crippen LogP contribution is 2.32.